The van der Waals surface area contributed by atoms with Crippen molar-refractivity contribution in [3.8, 4) is 11.5 Å². The zero-order valence-corrected chi connectivity index (χ0v) is 17.6. The molecular formula is C27H26N2O2. The number of amides is 1. The molecule has 0 saturated heterocycles. The monoisotopic (exact) mass is 410 g/mol. The molecule has 1 aliphatic rings. The van der Waals surface area contributed by atoms with Crippen LogP contribution in [0.4, 0.5) is 0 Å². The van der Waals surface area contributed by atoms with E-state index in [0.29, 0.717) is 12.5 Å². The number of hydrogen-bond donors (Lipinski definition) is 1. The Morgan fingerprint density at radius 2 is 1.74 bits per heavy atom. The van der Waals surface area contributed by atoms with Gasteiger partial charge in [-0.2, -0.15) is 0 Å². The Hall–Kier alpha value is -3.53. The van der Waals surface area contributed by atoms with Crippen LogP contribution < -0.4 is 10.1 Å². The van der Waals surface area contributed by atoms with E-state index in [-0.39, 0.29) is 11.8 Å². The number of benzene rings is 3. The molecule has 0 spiro atoms. The summed E-state index contributed by atoms with van der Waals surface area (Å²) >= 11 is 0. The molecule has 1 N–H and O–H groups in total. The topological polar surface area (TPSA) is 43.3 Å². The second kappa shape index (κ2) is 8.31. The molecular weight excluding hydrogens is 384 g/mol. The molecule has 1 fully saturated rings. The van der Waals surface area contributed by atoms with Crippen LogP contribution in [0.25, 0.3) is 10.9 Å². The molecule has 1 unspecified atom stereocenters. The summed E-state index contributed by atoms with van der Waals surface area (Å²) in [4.78, 5) is 12.8. The molecule has 4 aromatic rings. The maximum atomic E-state index is 12.8. The van der Waals surface area contributed by atoms with Gasteiger partial charge in [0.1, 0.15) is 11.5 Å². The molecule has 1 amide bonds. The number of para-hydroxylation sites is 2. The molecule has 1 atom stereocenters. The van der Waals surface area contributed by atoms with Gasteiger partial charge >= 0.3 is 0 Å². The van der Waals surface area contributed by atoms with Gasteiger partial charge in [0.25, 0.3) is 0 Å². The molecule has 4 heteroatoms. The number of carbonyl (C=O) groups is 1. The molecule has 1 saturated carbocycles. The van der Waals surface area contributed by atoms with E-state index in [1.54, 1.807) is 0 Å². The van der Waals surface area contributed by atoms with Crippen LogP contribution in [0, 0.1) is 0 Å². The zero-order chi connectivity index (χ0) is 21.2. The fourth-order valence-electron chi connectivity index (χ4n) is 4.18. The third-order valence-electron chi connectivity index (χ3n) is 5.87. The average molecular weight is 411 g/mol. The van der Waals surface area contributed by atoms with Crippen LogP contribution in [0.1, 0.15) is 36.3 Å². The molecule has 0 radical (unpaired) electrons. The van der Waals surface area contributed by atoms with Gasteiger partial charge in [0, 0.05) is 42.5 Å². The summed E-state index contributed by atoms with van der Waals surface area (Å²) in [6.07, 6.45) is 4.75. The number of ether oxygens (including phenoxy) is 1. The lowest BCUT2D eigenvalue weighted by Crippen LogP contribution is -2.27. The SMILES string of the molecule is Cn1cc(C(CC(=O)NC2CC2)c2cccc(Oc3ccccc3)c2)c2ccccc21. The fraction of sp³-hybridized carbons (Fsp3) is 0.222. The lowest BCUT2D eigenvalue weighted by atomic mass is 9.88. The van der Waals surface area contributed by atoms with Crippen LogP contribution in [0.2, 0.25) is 0 Å². The number of hydrogen-bond acceptors (Lipinski definition) is 2. The van der Waals surface area contributed by atoms with Crippen molar-refractivity contribution in [1.82, 2.24) is 9.88 Å². The summed E-state index contributed by atoms with van der Waals surface area (Å²) in [6, 6.07) is 26.6. The molecule has 0 bridgehead atoms. The van der Waals surface area contributed by atoms with E-state index in [1.165, 1.54) is 16.5 Å². The molecule has 1 aliphatic carbocycles. The predicted octanol–water partition coefficient (Wildman–Crippen LogP) is 5.77. The summed E-state index contributed by atoms with van der Waals surface area (Å²) in [5.41, 5.74) is 3.42. The minimum Gasteiger partial charge on any atom is -0.457 e. The van der Waals surface area contributed by atoms with Gasteiger partial charge in [-0.25, -0.2) is 0 Å². The highest BCUT2D eigenvalue weighted by molar-refractivity contribution is 5.86. The number of rotatable bonds is 7. The van der Waals surface area contributed by atoms with E-state index < -0.39 is 0 Å². The zero-order valence-electron chi connectivity index (χ0n) is 17.6. The summed E-state index contributed by atoms with van der Waals surface area (Å²) < 4.78 is 8.21. The van der Waals surface area contributed by atoms with Gasteiger partial charge in [-0.05, 0) is 54.3 Å². The minimum absolute atomic E-state index is 0.0517. The number of fused-ring (bicyclic) bond motifs is 1. The highest BCUT2D eigenvalue weighted by Crippen LogP contribution is 2.36. The number of aryl methyl sites for hydroxylation is 1. The Labute approximate surface area is 182 Å². The second-order valence-electron chi connectivity index (χ2n) is 8.30. The van der Waals surface area contributed by atoms with Crippen LogP contribution in [-0.4, -0.2) is 16.5 Å². The van der Waals surface area contributed by atoms with Crippen molar-refractivity contribution in [1.29, 1.82) is 0 Å². The maximum Gasteiger partial charge on any atom is 0.221 e. The van der Waals surface area contributed by atoms with E-state index in [1.807, 2.05) is 42.5 Å². The molecule has 1 heterocycles. The minimum atomic E-state index is -0.0517. The van der Waals surface area contributed by atoms with Crippen molar-refractivity contribution in [2.45, 2.75) is 31.2 Å². The number of carbonyl (C=O) groups excluding carboxylic acids is 1. The molecule has 4 nitrogen and oxygen atoms in total. The molecule has 1 aromatic heterocycles. The number of nitrogens with one attached hydrogen (secondary N) is 1. The van der Waals surface area contributed by atoms with Crippen molar-refractivity contribution < 1.29 is 9.53 Å². The molecule has 31 heavy (non-hydrogen) atoms. The van der Waals surface area contributed by atoms with E-state index >= 15 is 0 Å². The summed E-state index contributed by atoms with van der Waals surface area (Å²) in [5.74, 6) is 1.63. The molecule has 0 aliphatic heterocycles. The largest absolute Gasteiger partial charge is 0.457 e. The second-order valence-corrected chi connectivity index (χ2v) is 8.30. The van der Waals surface area contributed by atoms with E-state index in [0.717, 1.165) is 29.9 Å². The average Bonchev–Trinajstić information content (AvgIpc) is 3.54. The first-order valence-electron chi connectivity index (χ1n) is 10.8. The molecule has 3 aromatic carbocycles. The number of aromatic nitrogens is 1. The van der Waals surface area contributed by atoms with Gasteiger partial charge in [-0.3, -0.25) is 4.79 Å². The molecule has 156 valence electrons. The lowest BCUT2D eigenvalue weighted by Gasteiger charge is -2.18. The van der Waals surface area contributed by atoms with Gasteiger partial charge in [-0.1, -0.05) is 48.5 Å². The van der Waals surface area contributed by atoms with Crippen LogP contribution in [0.3, 0.4) is 0 Å². The maximum absolute atomic E-state index is 12.8. The van der Waals surface area contributed by atoms with Crippen molar-refractivity contribution >= 4 is 16.8 Å². The van der Waals surface area contributed by atoms with Crippen molar-refractivity contribution in [2.24, 2.45) is 7.05 Å². The Morgan fingerprint density at radius 1 is 1.00 bits per heavy atom. The van der Waals surface area contributed by atoms with Crippen LogP contribution in [-0.2, 0) is 11.8 Å². The van der Waals surface area contributed by atoms with E-state index in [9.17, 15) is 4.79 Å². The highest BCUT2D eigenvalue weighted by Gasteiger charge is 2.27. The standard InChI is InChI=1S/C27H26N2O2/c1-29-18-25(23-12-5-6-13-26(23)29)24(17-27(30)28-20-14-15-20)19-8-7-11-22(16-19)31-21-9-3-2-4-10-21/h2-13,16,18,20,24H,14-15,17H2,1H3,(H,28,30). The van der Waals surface area contributed by atoms with Crippen molar-refractivity contribution in [2.75, 3.05) is 0 Å². The van der Waals surface area contributed by atoms with Crippen LogP contribution in [0.15, 0.2) is 85.1 Å². The first-order chi connectivity index (χ1) is 15.2. The van der Waals surface area contributed by atoms with Gasteiger partial charge < -0.3 is 14.6 Å². The Bertz CT molecular complexity index is 1210. The quantitative estimate of drug-likeness (QED) is 0.420. The Kier molecular flexibility index (Phi) is 5.21. The van der Waals surface area contributed by atoms with Gasteiger partial charge in [0.2, 0.25) is 5.91 Å². The third-order valence-corrected chi connectivity index (χ3v) is 5.87. The first-order valence-corrected chi connectivity index (χ1v) is 10.8. The fourth-order valence-corrected chi connectivity index (χ4v) is 4.18. The Balaban J connectivity index is 1.52. The van der Waals surface area contributed by atoms with Gasteiger partial charge in [-0.15, -0.1) is 0 Å². The first kappa shape index (κ1) is 19.4. The summed E-state index contributed by atoms with van der Waals surface area (Å²) in [7, 11) is 2.06. The highest BCUT2D eigenvalue weighted by atomic mass is 16.5. The smallest absolute Gasteiger partial charge is 0.221 e. The van der Waals surface area contributed by atoms with Crippen LogP contribution in [0.5, 0.6) is 11.5 Å². The van der Waals surface area contributed by atoms with Crippen LogP contribution >= 0.6 is 0 Å². The molecule has 5 rings (SSSR count). The summed E-state index contributed by atoms with van der Waals surface area (Å²) in [6.45, 7) is 0. The predicted molar refractivity (Wildman–Crippen MR) is 124 cm³/mol. The van der Waals surface area contributed by atoms with Crippen molar-refractivity contribution in [3.05, 3.63) is 96.2 Å². The number of nitrogens with zero attached hydrogens (tertiary/aromatic N) is 1. The van der Waals surface area contributed by atoms with Gasteiger partial charge in [0.15, 0.2) is 0 Å². The van der Waals surface area contributed by atoms with E-state index in [4.69, 9.17) is 4.74 Å². The van der Waals surface area contributed by atoms with Gasteiger partial charge in [0.05, 0.1) is 0 Å². The summed E-state index contributed by atoms with van der Waals surface area (Å²) in [5, 5.41) is 4.34. The third kappa shape index (κ3) is 4.33. The Morgan fingerprint density at radius 3 is 2.55 bits per heavy atom. The van der Waals surface area contributed by atoms with E-state index in [2.05, 4.69) is 59.5 Å². The normalized spacial score (nSPS) is 14.4. The van der Waals surface area contributed by atoms with Crippen molar-refractivity contribution in [3.63, 3.8) is 0 Å². The lowest BCUT2D eigenvalue weighted by molar-refractivity contribution is -0.121.